The number of hydrogen-bond donors (Lipinski definition) is 2. The van der Waals surface area contributed by atoms with Gasteiger partial charge in [0.2, 0.25) is 0 Å². The number of likely N-dealkylation sites (tertiary alicyclic amines) is 1. The predicted octanol–water partition coefficient (Wildman–Crippen LogP) is 5.81. The summed E-state index contributed by atoms with van der Waals surface area (Å²) in [5.74, 6) is 0.706. The van der Waals surface area contributed by atoms with Crippen LogP contribution in [0.15, 0.2) is 54.7 Å². The molecule has 188 valence electrons. The molecule has 1 atom stereocenters. The summed E-state index contributed by atoms with van der Waals surface area (Å²) in [4.78, 5) is 6.91. The van der Waals surface area contributed by atoms with Crippen molar-refractivity contribution in [2.24, 2.45) is 5.41 Å². The van der Waals surface area contributed by atoms with Crippen LogP contribution in [0.3, 0.4) is 0 Å². The van der Waals surface area contributed by atoms with Crippen molar-refractivity contribution in [3.63, 3.8) is 0 Å². The van der Waals surface area contributed by atoms with Crippen LogP contribution in [0, 0.1) is 5.41 Å². The van der Waals surface area contributed by atoms with E-state index in [1.807, 2.05) is 18.2 Å². The van der Waals surface area contributed by atoms with Gasteiger partial charge in [0.05, 0.1) is 23.8 Å². The number of aromatic nitrogens is 1. The van der Waals surface area contributed by atoms with Crippen LogP contribution in [0.4, 0.5) is 0 Å². The molecule has 0 amide bonds. The number of piperidine rings is 1. The Hall–Kier alpha value is -2.18. The van der Waals surface area contributed by atoms with Gasteiger partial charge in [-0.05, 0) is 93.8 Å². The Kier molecular flexibility index (Phi) is 9.01. The normalized spacial score (nSPS) is 16.9. The lowest BCUT2D eigenvalue weighted by Crippen LogP contribution is -2.42. The Bertz CT molecular complexity index is 1080. The van der Waals surface area contributed by atoms with Gasteiger partial charge in [-0.15, -0.1) is 0 Å². The van der Waals surface area contributed by atoms with Crippen LogP contribution in [0.1, 0.15) is 55.8 Å². The van der Waals surface area contributed by atoms with E-state index in [4.69, 9.17) is 16.3 Å². The van der Waals surface area contributed by atoms with Gasteiger partial charge in [0, 0.05) is 23.8 Å². The molecule has 35 heavy (non-hydrogen) atoms. The fraction of sp³-hybridized carbons (Fsp3) is 0.483. The molecule has 1 saturated heterocycles. The van der Waals surface area contributed by atoms with Gasteiger partial charge in [-0.3, -0.25) is 4.98 Å². The Morgan fingerprint density at radius 3 is 2.60 bits per heavy atom. The van der Waals surface area contributed by atoms with Crippen LogP contribution in [0.25, 0.3) is 10.9 Å². The maximum atomic E-state index is 11.1. The molecule has 0 saturated carbocycles. The molecular formula is C29H37ClN2O3. The molecule has 3 aromatic rings. The highest BCUT2D eigenvalue weighted by Gasteiger charge is 2.34. The van der Waals surface area contributed by atoms with E-state index in [1.54, 1.807) is 13.3 Å². The van der Waals surface area contributed by atoms with Crippen LogP contribution in [0.5, 0.6) is 5.75 Å². The standard InChI is InChI=1S/C29H37ClN2O3/c1-35-23-10-11-26-24(19-23)28(25(30)20-31-26)27(34)12-13-29(21-33)14-17-32(18-15-29)16-6-5-9-22-7-3-2-4-8-22/h2-4,7-8,10-11,19-20,27,33-34H,5-6,9,12-18,21H2,1H3/t27-/m0/s1. The Balaban J connectivity index is 1.30. The third-order valence-electron chi connectivity index (χ3n) is 7.63. The number of aliphatic hydroxyl groups is 2. The molecule has 0 aliphatic carbocycles. The fourth-order valence-corrected chi connectivity index (χ4v) is 5.54. The second-order valence-corrected chi connectivity index (χ2v) is 10.3. The molecule has 1 aliphatic heterocycles. The predicted molar refractivity (Wildman–Crippen MR) is 142 cm³/mol. The average Bonchev–Trinajstić information content (AvgIpc) is 2.90. The number of aryl methyl sites for hydroxylation is 1. The minimum atomic E-state index is -0.723. The number of nitrogens with zero attached hydrogens (tertiary/aromatic N) is 2. The van der Waals surface area contributed by atoms with Crippen LogP contribution < -0.4 is 4.74 Å². The van der Waals surface area contributed by atoms with Gasteiger partial charge in [0.15, 0.2) is 0 Å². The van der Waals surface area contributed by atoms with Crippen molar-refractivity contribution in [3.8, 4) is 5.75 Å². The second kappa shape index (κ2) is 12.2. The maximum Gasteiger partial charge on any atom is 0.119 e. The Morgan fingerprint density at radius 2 is 1.89 bits per heavy atom. The van der Waals surface area contributed by atoms with Crippen molar-refractivity contribution in [3.05, 3.63) is 70.9 Å². The number of aliphatic hydroxyl groups excluding tert-OH is 2. The number of benzene rings is 2. The van der Waals surface area contributed by atoms with E-state index >= 15 is 0 Å². The highest BCUT2D eigenvalue weighted by molar-refractivity contribution is 6.32. The van der Waals surface area contributed by atoms with Crippen molar-refractivity contribution >= 4 is 22.5 Å². The molecule has 1 aliphatic rings. The SMILES string of the molecule is COc1ccc2ncc(Cl)c([C@@H](O)CCC3(CO)CCN(CCCCc4ccccc4)CC3)c2c1. The third kappa shape index (κ3) is 6.53. The average molecular weight is 497 g/mol. The molecular weight excluding hydrogens is 460 g/mol. The van der Waals surface area contributed by atoms with Crippen LogP contribution in [0.2, 0.25) is 5.02 Å². The van der Waals surface area contributed by atoms with Crippen molar-refractivity contribution in [2.75, 3.05) is 33.4 Å². The van der Waals surface area contributed by atoms with Crippen molar-refractivity contribution in [1.29, 1.82) is 0 Å². The quantitative estimate of drug-likeness (QED) is 0.328. The lowest BCUT2D eigenvalue weighted by atomic mass is 9.74. The molecule has 1 fully saturated rings. The first-order valence-electron chi connectivity index (χ1n) is 12.7. The molecule has 0 spiro atoms. The molecule has 5 nitrogen and oxygen atoms in total. The highest BCUT2D eigenvalue weighted by Crippen LogP contribution is 2.40. The van der Waals surface area contributed by atoms with Crippen molar-refractivity contribution in [1.82, 2.24) is 9.88 Å². The summed E-state index contributed by atoms with van der Waals surface area (Å²) in [6.07, 6.45) is 7.61. The topological polar surface area (TPSA) is 65.8 Å². The minimum Gasteiger partial charge on any atom is -0.497 e. The van der Waals surface area contributed by atoms with Crippen molar-refractivity contribution in [2.45, 2.75) is 51.0 Å². The summed E-state index contributed by atoms with van der Waals surface area (Å²) in [5, 5.41) is 22.7. The molecule has 2 N–H and O–H groups in total. The van der Waals surface area contributed by atoms with E-state index in [1.165, 1.54) is 18.4 Å². The zero-order chi connectivity index (χ0) is 24.7. The number of halogens is 1. The summed E-state index contributed by atoms with van der Waals surface area (Å²) in [5.41, 5.74) is 2.74. The fourth-order valence-electron chi connectivity index (χ4n) is 5.27. The lowest BCUT2D eigenvalue weighted by molar-refractivity contribution is 0.0233. The molecule has 0 unspecified atom stereocenters. The second-order valence-electron chi connectivity index (χ2n) is 9.90. The molecule has 6 heteroatoms. The molecule has 4 rings (SSSR count). The molecule has 2 heterocycles. The van der Waals surface area contributed by atoms with E-state index in [-0.39, 0.29) is 12.0 Å². The Morgan fingerprint density at radius 1 is 1.11 bits per heavy atom. The van der Waals surface area contributed by atoms with Gasteiger partial charge in [-0.1, -0.05) is 41.9 Å². The Labute approximate surface area is 213 Å². The van der Waals surface area contributed by atoms with Gasteiger partial charge in [-0.25, -0.2) is 0 Å². The highest BCUT2D eigenvalue weighted by atomic mass is 35.5. The summed E-state index contributed by atoms with van der Waals surface area (Å²) in [6, 6.07) is 16.3. The van der Waals surface area contributed by atoms with Gasteiger partial charge in [0.1, 0.15) is 5.75 Å². The summed E-state index contributed by atoms with van der Waals surface area (Å²) < 4.78 is 5.36. The van der Waals surface area contributed by atoms with Crippen LogP contribution in [-0.4, -0.2) is 53.4 Å². The number of methoxy groups -OCH3 is 1. The molecule has 0 bridgehead atoms. The molecule has 1 aromatic heterocycles. The van der Waals surface area contributed by atoms with Gasteiger partial charge in [0.25, 0.3) is 0 Å². The number of pyridine rings is 1. The van der Waals surface area contributed by atoms with E-state index in [0.717, 1.165) is 56.2 Å². The van der Waals surface area contributed by atoms with Gasteiger partial charge >= 0.3 is 0 Å². The summed E-state index contributed by atoms with van der Waals surface area (Å²) >= 11 is 6.48. The molecule has 2 aromatic carbocycles. The first-order chi connectivity index (χ1) is 17.0. The third-order valence-corrected chi connectivity index (χ3v) is 7.94. The van der Waals surface area contributed by atoms with Gasteiger partial charge in [-0.2, -0.15) is 0 Å². The zero-order valence-corrected chi connectivity index (χ0v) is 21.4. The minimum absolute atomic E-state index is 0.144. The number of hydrogen-bond acceptors (Lipinski definition) is 5. The van der Waals surface area contributed by atoms with Crippen molar-refractivity contribution < 1.29 is 14.9 Å². The first-order valence-corrected chi connectivity index (χ1v) is 13.1. The number of rotatable bonds is 11. The largest absolute Gasteiger partial charge is 0.497 e. The smallest absolute Gasteiger partial charge is 0.119 e. The molecule has 0 radical (unpaired) electrons. The first kappa shape index (κ1) is 25.9. The summed E-state index contributed by atoms with van der Waals surface area (Å²) in [7, 11) is 1.62. The zero-order valence-electron chi connectivity index (χ0n) is 20.6. The van der Waals surface area contributed by atoms with Crippen LogP contribution in [-0.2, 0) is 6.42 Å². The number of unbranched alkanes of at least 4 members (excludes halogenated alkanes) is 1. The summed E-state index contributed by atoms with van der Waals surface area (Å²) in [6.45, 7) is 3.26. The lowest BCUT2D eigenvalue weighted by Gasteiger charge is -2.41. The maximum absolute atomic E-state index is 11.1. The van der Waals surface area contributed by atoms with E-state index in [9.17, 15) is 10.2 Å². The monoisotopic (exact) mass is 496 g/mol. The van der Waals surface area contributed by atoms with E-state index in [0.29, 0.717) is 22.8 Å². The van der Waals surface area contributed by atoms with Gasteiger partial charge < -0.3 is 19.8 Å². The van der Waals surface area contributed by atoms with E-state index in [2.05, 4.69) is 40.2 Å². The number of fused-ring (bicyclic) bond motifs is 1. The van der Waals surface area contributed by atoms with Crippen LogP contribution >= 0.6 is 11.6 Å². The number of ether oxygens (including phenoxy) is 1. The van der Waals surface area contributed by atoms with E-state index < -0.39 is 6.10 Å².